The van der Waals surface area contributed by atoms with Gasteiger partial charge in [-0.15, -0.1) is 0 Å². The summed E-state index contributed by atoms with van der Waals surface area (Å²) in [5.41, 5.74) is 4.65. The van der Waals surface area contributed by atoms with Crippen molar-refractivity contribution in [3.63, 3.8) is 0 Å². The third kappa shape index (κ3) is 4.35. The number of aromatic nitrogens is 2. The van der Waals surface area contributed by atoms with Crippen molar-refractivity contribution < 1.29 is 4.79 Å². The third-order valence-corrected chi connectivity index (χ3v) is 5.70. The van der Waals surface area contributed by atoms with Crippen LogP contribution in [-0.4, -0.2) is 53.1 Å². The fraction of sp³-hybridized carbons (Fsp3) is 0.240. The van der Waals surface area contributed by atoms with E-state index in [1.165, 1.54) is 0 Å². The smallest absolute Gasteiger partial charge is 0.255 e. The monoisotopic (exact) mass is 424 g/mol. The lowest BCUT2D eigenvalue weighted by Crippen LogP contribution is -2.34. The van der Waals surface area contributed by atoms with E-state index in [2.05, 4.69) is 21.3 Å². The minimum atomic E-state index is -0.103. The molecule has 1 N–H and O–H groups in total. The summed E-state index contributed by atoms with van der Waals surface area (Å²) >= 11 is 0. The van der Waals surface area contributed by atoms with Gasteiger partial charge in [0.15, 0.2) is 0 Å². The second-order valence-electron chi connectivity index (χ2n) is 7.89. The van der Waals surface area contributed by atoms with Crippen molar-refractivity contribution in [3.8, 4) is 17.2 Å². The average Bonchev–Trinajstić information content (AvgIpc) is 3.48. The molecule has 7 nitrogen and oxygen atoms in total. The van der Waals surface area contributed by atoms with E-state index in [-0.39, 0.29) is 17.9 Å². The first-order chi connectivity index (χ1) is 15.6. The van der Waals surface area contributed by atoms with Gasteiger partial charge in [-0.3, -0.25) is 19.9 Å². The number of hydrogen-bond donors (Lipinski definition) is 1. The average molecular weight is 425 g/mol. The highest BCUT2D eigenvalue weighted by atomic mass is 16.2. The Hall–Kier alpha value is -4.05. The number of likely N-dealkylation sites (tertiary alicyclic amines) is 1. The normalized spacial score (nSPS) is 18.5. The number of hydrogen-bond acceptors (Lipinski definition) is 5. The molecule has 1 saturated heterocycles. The molecule has 1 amide bonds. The number of nitrogens with zero attached hydrogens (tertiary/aromatic N) is 5. The number of aliphatic imine (C=N–C) groups is 2. The van der Waals surface area contributed by atoms with Crippen LogP contribution < -0.4 is 0 Å². The van der Waals surface area contributed by atoms with Gasteiger partial charge in [0.1, 0.15) is 0 Å². The van der Waals surface area contributed by atoms with Crippen molar-refractivity contribution in [1.29, 1.82) is 5.26 Å². The summed E-state index contributed by atoms with van der Waals surface area (Å²) < 4.78 is 0. The highest BCUT2D eigenvalue weighted by Gasteiger charge is 2.32. The molecule has 0 radical (unpaired) electrons. The minimum Gasteiger partial charge on any atom is -0.335 e. The Morgan fingerprint density at radius 3 is 2.88 bits per heavy atom. The molecule has 1 aliphatic heterocycles. The Balaban J connectivity index is 1.52. The van der Waals surface area contributed by atoms with E-state index in [1.54, 1.807) is 43.7 Å². The molecule has 0 bridgehead atoms. The van der Waals surface area contributed by atoms with Gasteiger partial charge in [-0.25, -0.2) is 0 Å². The van der Waals surface area contributed by atoms with Crippen molar-refractivity contribution in [2.75, 3.05) is 13.6 Å². The first-order valence-corrected chi connectivity index (χ1v) is 10.5. The summed E-state index contributed by atoms with van der Waals surface area (Å²) in [6.07, 6.45) is 8.18. The van der Waals surface area contributed by atoms with Crippen molar-refractivity contribution in [1.82, 2.24) is 15.1 Å². The van der Waals surface area contributed by atoms with Gasteiger partial charge in [-0.2, -0.15) is 10.4 Å². The lowest BCUT2D eigenvalue weighted by atomic mass is 10.0. The Bertz CT molecular complexity index is 1210. The topological polar surface area (TPSA) is 97.5 Å². The summed E-state index contributed by atoms with van der Waals surface area (Å²) in [5, 5.41) is 16.2. The number of benzene rings is 2. The van der Waals surface area contributed by atoms with Gasteiger partial charge < -0.3 is 4.90 Å². The molecule has 2 heterocycles. The molecule has 1 aliphatic rings. The van der Waals surface area contributed by atoms with E-state index in [9.17, 15) is 10.1 Å². The lowest BCUT2D eigenvalue weighted by molar-refractivity contribution is 0.0745. The second-order valence-corrected chi connectivity index (χ2v) is 7.89. The van der Waals surface area contributed by atoms with E-state index >= 15 is 0 Å². The van der Waals surface area contributed by atoms with E-state index in [0.717, 1.165) is 28.8 Å². The van der Waals surface area contributed by atoms with Crippen LogP contribution in [0.25, 0.3) is 11.1 Å². The molecule has 1 fully saturated rings. The molecule has 7 heteroatoms. The lowest BCUT2D eigenvalue weighted by Gasteiger charge is -2.21. The van der Waals surface area contributed by atoms with E-state index in [1.807, 2.05) is 42.4 Å². The van der Waals surface area contributed by atoms with Crippen molar-refractivity contribution >= 4 is 24.0 Å². The number of carbonyl (C=O) groups excluding carboxylic acids is 1. The van der Waals surface area contributed by atoms with Gasteiger partial charge in [0.25, 0.3) is 5.91 Å². The molecule has 4 rings (SSSR count). The van der Waals surface area contributed by atoms with Gasteiger partial charge in [0.2, 0.25) is 0 Å². The molecule has 0 aliphatic carbocycles. The highest BCUT2D eigenvalue weighted by Crippen LogP contribution is 2.28. The number of amides is 1. The van der Waals surface area contributed by atoms with Crippen LogP contribution in [0.5, 0.6) is 0 Å². The first kappa shape index (κ1) is 21.2. The molecule has 32 heavy (non-hydrogen) atoms. The van der Waals surface area contributed by atoms with Gasteiger partial charge in [-0.1, -0.05) is 18.2 Å². The molecule has 1 aromatic heterocycles. The number of nitrogens with one attached hydrogen (secondary N) is 1. The zero-order valence-electron chi connectivity index (χ0n) is 18.1. The maximum absolute atomic E-state index is 13.1. The van der Waals surface area contributed by atoms with Crippen LogP contribution in [0.4, 0.5) is 5.69 Å². The van der Waals surface area contributed by atoms with Crippen LogP contribution in [0.1, 0.15) is 34.8 Å². The van der Waals surface area contributed by atoms with Crippen molar-refractivity contribution in [2.24, 2.45) is 15.9 Å². The predicted octanol–water partition coefficient (Wildman–Crippen LogP) is 4.25. The van der Waals surface area contributed by atoms with E-state index < -0.39 is 0 Å². The van der Waals surface area contributed by atoms with Gasteiger partial charge in [0.05, 0.1) is 29.1 Å². The number of H-pyrrole nitrogens is 1. The molecule has 160 valence electrons. The van der Waals surface area contributed by atoms with Crippen LogP contribution in [0.2, 0.25) is 0 Å². The summed E-state index contributed by atoms with van der Waals surface area (Å²) in [7, 11) is 1.74. The summed E-state index contributed by atoms with van der Waals surface area (Å²) in [6.45, 7) is 2.61. The van der Waals surface area contributed by atoms with Crippen LogP contribution in [0.15, 0.2) is 64.8 Å². The summed E-state index contributed by atoms with van der Waals surface area (Å²) in [6, 6.07) is 15.2. The van der Waals surface area contributed by atoms with E-state index in [0.29, 0.717) is 17.7 Å². The van der Waals surface area contributed by atoms with Crippen LogP contribution in [0, 0.1) is 17.2 Å². The standard InChI is InChI=1S/C25H24N6O/c1-17-9-18(16-31(17)25(32)23-6-4-3-5-20(23)11-26)12-28-24-8-7-19(10-21(24)13-27-2)22-14-29-30-15-22/h3-8,10,12-15,17-18H,9,16H2,1-2H3,(H,29,30)/t17-,18+/m0/s1. The zero-order chi connectivity index (χ0) is 22.5. The second kappa shape index (κ2) is 9.40. The zero-order valence-corrected chi connectivity index (χ0v) is 18.1. The molecule has 3 aromatic rings. The van der Waals surface area contributed by atoms with Crippen LogP contribution in [0.3, 0.4) is 0 Å². The largest absolute Gasteiger partial charge is 0.335 e. The Morgan fingerprint density at radius 1 is 1.28 bits per heavy atom. The first-order valence-electron chi connectivity index (χ1n) is 10.5. The molecular formula is C25H24N6O. The quantitative estimate of drug-likeness (QED) is 0.620. The summed E-state index contributed by atoms with van der Waals surface area (Å²) in [5.74, 6) is 0.0389. The Labute approximate surface area is 187 Å². The highest BCUT2D eigenvalue weighted by molar-refractivity contribution is 5.97. The number of carbonyl (C=O) groups is 1. The predicted molar refractivity (Wildman–Crippen MR) is 125 cm³/mol. The van der Waals surface area contributed by atoms with Crippen molar-refractivity contribution in [3.05, 3.63) is 71.5 Å². The maximum atomic E-state index is 13.1. The fourth-order valence-corrected chi connectivity index (χ4v) is 4.07. The number of rotatable bonds is 5. The van der Waals surface area contributed by atoms with Crippen LogP contribution >= 0.6 is 0 Å². The number of aromatic amines is 1. The molecular weight excluding hydrogens is 400 g/mol. The van der Waals surface area contributed by atoms with Crippen LogP contribution in [-0.2, 0) is 0 Å². The Morgan fingerprint density at radius 2 is 2.12 bits per heavy atom. The minimum absolute atomic E-state index is 0.0749. The Kier molecular flexibility index (Phi) is 6.22. The molecule has 0 spiro atoms. The molecule has 2 aromatic carbocycles. The SMILES string of the molecule is CN=Cc1cc(-c2cn[nH]c2)ccc1N=C[C@H]1C[C@H](C)N(C(=O)c2ccccc2C#N)C1. The number of nitriles is 1. The van der Waals surface area contributed by atoms with Gasteiger partial charge >= 0.3 is 0 Å². The molecule has 2 atom stereocenters. The van der Waals surface area contributed by atoms with Gasteiger partial charge in [-0.05, 0) is 43.2 Å². The van der Waals surface area contributed by atoms with E-state index in [4.69, 9.17) is 4.99 Å². The maximum Gasteiger partial charge on any atom is 0.255 e. The van der Waals surface area contributed by atoms with Crippen molar-refractivity contribution in [2.45, 2.75) is 19.4 Å². The molecule has 0 saturated carbocycles. The third-order valence-electron chi connectivity index (χ3n) is 5.70. The van der Waals surface area contributed by atoms with Gasteiger partial charge in [0, 0.05) is 55.3 Å². The summed E-state index contributed by atoms with van der Waals surface area (Å²) in [4.78, 5) is 23.8. The fourth-order valence-electron chi connectivity index (χ4n) is 4.07. The molecule has 0 unspecified atom stereocenters.